The molecule has 16 heavy (non-hydrogen) atoms. The van der Waals surface area contributed by atoms with Crippen molar-refractivity contribution in [1.82, 2.24) is 0 Å². The van der Waals surface area contributed by atoms with Gasteiger partial charge in [-0.2, -0.15) is 0 Å². The predicted molar refractivity (Wildman–Crippen MR) is 67.7 cm³/mol. The lowest BCUT2D eigenvalue weighted by molar-refractivity contribution is -0.133. The van der Waals surface area contributed by atoms with E-state index in [-0.39, 0.29) is 5.33 Å². The number of alkyl halides is 1. The molecule has 4 aliphatic carbocycles. The lowest BCUT2D eigenvalue weighted by Gasteiger charge is -2.55. The Labute approximate surface area is 106 Å². The van der Waals surface area contributed by atoms with Gasteiger partial charge in [-0.05, 0) is 61.7 Å². The fraction of sp³-hybridized carbons (Fsp3) is 0.923. The summed E-state index contributed by atoms with van der Waals surface area (Å²) in [5.74, 6) is 2.61. The standard InChI is InChI=1S/C11H18.C2H3BrO2/c1-11-5-8-2-9(6-11)4-10(3-8)7-11;3-1-2(4)5/h8-10H,2-7H2,1H3;1H2,(H,4,5). The minimum absolute atomic E-state index is 0.0347. The fourth-order valence-corrected chi connectivity index (χ4v) is 4.54. The second-order valence-electron chi connectivity index (χ2n) is 6.26. The third-order valence-corrected chi connectivity index (χ3v) is 4.94. The molecule has 0 aromatic rings. The van der Waals surface area contributed by atoms with Gasteiger partial charge in [0, 0.05) is 0 Å². The van der Waals surface area contributed by atoms with Crippen molar-refractivity contribution in [2.75, 3.05) is 5.33 Å². The van der Waals surface area contributed by atoms with E-state index in [2.05, 4.69) is 22.9 Å². The molecule has 0 aliphatic heterocycles. The van der Waals surface area contributed by atoms with Crippen LogP contribution in [0.4, 0.5) is 0 Å². The third kappa shape index (κ3) is 2.79. The highest BCUT2D eigenvalue weighted by molar-refractivity contribution is 9.09. The van der Waals surface area contributed by atoms with Gasteiger partial charge in [0.05, 0.1) is 0 Å². The Morgan fingerprint density at radius 3 is 1.69 bits per heavy atom. The lowest BCUT2D eigenvalue weighted by atomic mass is 9.50. The van der Waals surface area contributed by atoms with Crippen molar-refractivity contribution in [3.63, 3.8) is 0 Å². The van der Waals surface area contributed by atoms with E-state index in [0.29, 0.717) is 0 Å². The largest absolute Gasteiger partial charge is 0.481 e. The monoisotopic (exact) mass is 288 g/mol. The van der Waals surface area contributed by atoms with Crippen molar-refractivity contribution in [2.24, 2.45) is 23.2 Å². The van der Waals surface area contributed by atoms with E-state index in [1.54, 1.807) is 38.5 Å². The summed E-state index contributed by atoms with van der Waals surface area (Å²) in [4.78, 5) is 9.32. The number of hydrogen-bond donors (Lipinski definition) is 1. The Bertz CT molecular complexity index is 240. The smallest absolute Gasteiger partial charge is 0.314 e. The van der Waals surface area contributed by atoms with Crippen LogP contribution in [0.5, 0.6) is 0 Å². The summed E-state index contributed by atoms with van der Waals surface area (Å²) in [6.45, 7) is 2.54. The van der Waals surface area contributed by atoms with Crippen LogP contribution < -0.4 is 0 Å². The number of aliphatic carboxylic acids is 1. The molecule has 4 aliphatic rings. The van der Waals surface area contributed by atoms with Gasteiger partial charge in [0.2, 0.25) is 0 Å². The molecule has 92 valence electrons. The molecule has 2 nitrogen and oxygen atoms in total. The lowest BCUT2D eigenvalue weighted by Crippen LogP contribution is -2.44. The van der Waals surface area contributed by atoms with E-state index in [4.69, 9.17) is 5.11 Å². The van der Waals surface area contributed by atoms with Crippen molar-refractivity contribution >= 4 is 21.9 Å². The summed E-state index contributed by atoms with van der Waals surface area (Å²) in [6.07, 6.45) is 9.48. The first-order valence-electron chi connectivity index (χ1n) is 6.28. The third-order valence-electron chi connectivity index (χ3n) is 4.46. The molecule has 0 saturated heterocycles. The first-order chi connectivity index (χ1) is 7.50. The topological polar surface area (TPSA) is 37.3 Å². The number of hydrogen-bond acceptors (Lipinski definition) is 1. The average Bonchev–Trinajstić information content (AvgIpc) is 2.14. The van der Waals surface area contributed by atoms with Crippen molar-refractivity contribution in [2.45, 2.75) is 45.4 Å². The molecule has 0 aromatic carbocycles. The molecule has 0 spiro atoms. The number of halogens is 1. The Balaban J connectivity index is 0.000000168. The zero-order valence-electron chi connectivity index (χ0n) is 9.92. The van der Waals surface area contributed by atoms with E-state index in [1.165, 1.54) is 0 Å². The molecule has 0 radical (unpaired) electrons. The van der Waals surface area contributed by atoms with E-state index >= 15 is 0 Å². The van der Waals surface area contributed by atoms with Gasteiger partial charge in [-0.25, -0.2) is 0 Å². The van der Waals surface area contributed by atoms with Gasteiger partial charge < -0.3 is 5.11 Å². The van der Waals surface area contributed by atoms with Crippen LogP contribution in [0.15, 0.2) is 0 Å². The molecular formula is C13H21BrO2. The zero-order valence-corrected chi connectivity index (χ0v) is 11.5. The quantitative estimate of drug-likeness (QED) is 0.747. The van der Waals surface area contributed by atoms with E-state index in [0.717, 1.165) is 23.2 Å². The summed E-state index contributed by atoms with van der Waals surface area (Å²) in [5.41, 5.74) is 0.800. The van der Waals surface area contributed by atoms with Gasteiger partial charge in [-0.15, -0.1) is 0 Å². The second-order valence-corrected chi connectivity index (χ2v) is 6.82. The van der Waals surface area contributed by atoms with Gasteiger partial charge in [-0.3, -0.25) is 4.79 Å². The molecule has 3 heteroatoms. The van der Waals surface area contributed by atoms with Crippen LogP contribution in [0.1, 0.15) is 45.4 Å². The number of rotatable bonds is 1. The predicted octanol–water partition coefficient (Wildman–Crippen LogP) is 3.69. The Hall–Kier alpha value is -0.0500. The van der Waals surface area contributed by atoms with Crippen LogP contribution in [-0.2, 0) is 4.79 Å². The van der Waals surface area contributed by atoms with Crippen molar-refractivity contribution in [3.05, 3.63) is 0 Å². The highest BCUT2D eigenvalue weighted by Gasteiger charge is 2.48. The molecule has 4 rings (SSSR count). The number of carboxylic acids is 1. The Morgan fingerprint density at radius 2 is 1.50 bits per heavy atom. The fourth-order valence-electron chi connectivity index (χ4n) is 4.54. The van der Waals surface area contributed by atoms with Crippen molar-refractivity contribution in [3.8, 4) is 0 Å². The van der Waals surface area contributed by atoms with Gasteiger partial charge in [0.1, 0.15) is 5.33 Å². The Kier molecular flexibility index (Phi) is 3.62. The summed E-state index contributed by atoms with van der Waals surface area (Å²) >= 11 is 2.71. The minimum Gasteiger partial charge on any atom is -0.481 e. The summed E-state index contributed by atoms with van der Waals surface area (Å²) in [5, 5.41) is 7.71. The van der Waals surface area contributed by atoms with Crippen molar-refractivity contribution < 1.29 is 9.90 Å². The molecule has 0 unspecified atom stereocenters. The number of carboxylic acid groups (broad SMARTS) is 1. The van der Waals surface area contributed by atoms with Gasteiger partial charge in [0.15, 0.2) is 0 Å². The first-order valence-corrected chi connectivity index (χ1v) is 7.40. The van der Waals surface area contributed by atoms with E-state index in [1.807, 2.05) is 0 Å². The molecule has 0 amide bonds. The zero-order chi connectivity index (χ0) is 11.8. The summed E-state index contributed by atoms with van der Waals surface area (Å²) in [7, 11) is 0. The highest BCUT2D eigenvalue weighted by atomic mass is 79.9. The highest BCUT2D eigenvalue weighted by Crippen LogP contribution is 2.59. The molecular weight excluding hydrogens is 268 g/mol. The van der Waals surface area contributed by atoms with Crippen molar-refractivity contribution in [1.29, 1.82) is 0 Å². The van der Waals surface area contributed by atoms with Crippen LogP contribution in [0.2, 0.25) is 0 Å². The minimum atomic E-state index is -0.829. The average molecular weight is 289 g/mol. The molecule has 1 N–H and O–H groups in total. The normalized spacial score (nSPS) is 43.8. The molecule has 4 fully saturated rings. The molecule has 0 aromatic heterocycles. The first kappa shape index (κ1) is 12.4. The number of carbonyl (C=O) groups is 1. The molecule has 0 heterocycles. The van der Waals surface area contributed by atoms with Crippen LogP contribution in [0.3, 0.4) is 0 Å². The maximum Gasteiger partial charge on any atom is 0.314 e. The van der Waals surface area contributed by atoms with Gasteiger partial charge in [-0.1, -0.05) is 22.9 Å². The maximum absolute atomic E-state index is 9.32. The van der Waals surface area contributed by atoms with Crippen LogP contribution in [0, 0.1) is 23.2 Å². The second kappa shape index (κ2) is 4.67. The van der Waals surface area contributed by atoms with Crippen LogP contribution in [0.25, 0.3) is 0 Å². The SMILES string of the molecule is CC12CC3CC(CC(C3)C1)C2.O=C(O)CBr. The Morgan fingerprint density at radius 1 is 1.19 bits per heavy atom. The van der Waals surface area contributed by atoms with Gasteiger partial charge >= 0.3 is 5.97 Å². The van der Waals surface area contributed by atoms with Crippen LogP contribution in [-0.4, -0.2) is 16.4 Å². The molecule has 4 saturated carbocycles. The summed E-state index contributed by atoms with van der Waals surface area (Å²) < 4.78 is 0. The molecule has 0 atom stereocenters. The maximum atomic E-state index is 9.32. The van der Waals surface area contributed by atoms with E-state index in [9.17, 15) is 4.79 Å². The van der Waals surface area contributed by atoms with E-state index < -0.39 is 5.97 Å². The van der Waals surface area contributed by atoms with Gasteiger partial charge in [0.25, 0.3) is 0 Å². The molecule has 4 bridgehead atoms. The summed E-state index contributed by atoms with van der Waals surface area (Å²) in [6, 6.07) is 0. The van der Waals surface area contributed by atoms with Crippen LogP contribution >= 0.6 is 15.9 Å².